The van der Waals surface area contributed by atoms with Crippen LogP contribution in [-0.2, 0) is 0 Å². The Balaban J connectivity index is 2.10. The van der Waals surface area contributed by atoms with Crippen molar-refractivity contribution in [1.29, 1.82) is 0 Å². The number of benzene rings is 3. The normalized spacial score (nSPS) is 11.0. The van der Waals surface area contributed by atoms with E-state index in [4.69, 9.17) is 11.5 Å². The molecule has 0 aliphatic rings. The number of nitrogens with two attached hydrogens (primary N) is 2. The molecular formula is C20H18N2O. The van der Waals surface area contributed by atoms with Gasteiger partial charge in [0.15, 0.2) is 0 Å². The van der Waals surface area contributed by atoms with Gasteiger partial charge >= 0.3 is 0 Å². The van der Waals surface area contributed by atoms with E-state index in [1.165, 1.54) is 0 Å². The molecule has 0 aromatic heterocycles. The van der Waals surface area contributed by atoms with Gasteiger partial charge in [-0.05, 0) is 17.2 Å². The predicted molar refractivity (Wildman–Crippen MR) is 97.7 cm³/mol. The zero-order valence-electron chi connectivity index (χ0n) is 12.6. The summed E-state index contributed by atoms with van der Waals surface area (Å²) < 4.78 is 0. The summed E-state index contributed by atoms with van der Waals surface area (Å²) >= 11 is 0. The third-order valence-corrected chi connectivity index (χ3v) is 3.72. The zero-order chi connectivity index (χ0) is 16.2. The Morgan fingerprint density at radius 1 is 0.783 bits per heavy atom. The number of hydrogen-bond donors (Lipinski definition) is 3. The average molecular weight is 302 g/mol. The Morgan fingerprint density at radius 3 is 2.04 bits per heavy atom. The van der Waals surface area contributed by atoms with Gasteiger partial charge in [0, 0.05) is 22.9 Å². The minimum absolute atomic E-state index is 0.0758. The standard InChI is InChI=1S/C20H18N2O/c21-17-13-18(23)16(12-11-14-7-3-1-4-8-14)20(22)19(17)15-9-5-2-6-10-15/h1-13,23H,21-22H2. The van der Waals surface area contributed by atoms with Gasteiger partial charge in [0.1, 0.15) is 5.75 Å². The highest BCUT2D eigenvalue weighted by Crippen LogP contribution is 2.39. The van der Waals surface area contributed by atoms with Crippen LogP contribution in [0.1, 0.15) is 11.1 Å². The molecule has 3 nitrogen and oxygen atoms in total. The summed E-state index contributed by atoms with van der Waals surface area (Å²) in [5.41, 5.74) is 16.6. The lowest BCUT2D eigenvalue weighted by atomic mass is 9.97. The Morgan fingerprint density at radius 2 is 1.39 bits per heavy atom. The van der Waals surface area contributed by atoms with Crippen molar-refractivity contribution in [1.82, 2.24) is 0 Å². The number of anilines is 2. The number of hydrogen-bond acceptors (Lipinski definition) is 3. The van der Waals surface area contributed by atoms with Crippen LogP contribution >= 0.6 is 0 Å². The number of phenols is 1. The van der Waals surface area contributed by atoms with Gasteiger partial charge in [0.25, 0.3) is 0 Å². The van der Waals surface area contributed by atoms with E-state index >= 15 is 0 Å². The van der Waals surface area contributed by atoms with Crippen LogP contribution in [0.3, 0.4) is 0 Å². The summed E-state index contributed by atoms with van der Waals surface area (Å²) in [6, 6.07) is 21.1. The molecule has 0 fully saturated rings. The van der Waals surface area contributed by atoms with Gasteiger partial charge in [0.05, 0.1) is 5.69 Å². The fourth-order valence-electron chi connectivity index (χ4n) is 2.57. The van der Waals surface area contributed by atoms with E-state index in [0.717, 1.165) is 16.7 Å². The first kappa shape index (κ1) is 14.7. The van der Waals surface area contributed by atoms with Crippen molar-refractivity contribution >= 4 is 23.5 Å². The molecule has 0 aliphatic heterocycles. The number of aromatic hydroxyl groups is 1. The third kappa shape index (κ3) is 3.04. The molecule has 3 heteroatoms. The lowest BCUT2D eigenvalue weighted by Crippen LogP contribution is -1.99. The van der Waals surface area contributed by atoms with Crippen LogP contribution in [0.15, 0.2) is 66.7 Å². The quantitative estimate of drug-likeness (QED) is 0.496. The Hall–Kier alpha value is -3.20. The van der Waals surface area contributed by atoms with E-state index in [2.05, 4.69) is 0 Å². The minimum Gasteiger partial charge on any atom is -0.507 e. The van der Waals surface area contributed by atoms with Crippen molar-refractivity contribution in [2.24, 2.45) is 0 Å². The summed E-state index contributed by atoms with van der Waals surface area (Å²) in [7, 11) is 0. The van der Waals surface area contributed by atoms with E-state index in [-0.39, 0.29) is 5.75 Å². The fourth-order valence-corrected chi connectivity index (χ4v) is 2.57. The van der Waals surface area contributed by atoms with Crippen molar-refractivity contribution in [2.75, 3.05) is 11.5 Å². The molecule has 0 heterocycles. The molecule has 0 atom stereocenters. The van der Waals surface area contributed by atoms with Crippen LogP contribution in [0.5, 0.6) is 5.75 Å². The van der Waals surface area contributed by atoms with Gasteiger partial charge in [-0.25, -0.2) is 0 Å². The average Bonchev–Trinajstić information content (AvgIpc) is 2.56. The molecule has 5 N–H and O–H groups in total. The van der Waals surface area contributed by atoms with Gasteiger partial charge in [-0.15, -0.1) is 0 Å². The van der Waals surface area contributed by atoms with Gasteiger partial charge in [-0.2, -0.15) is 0 Å². The second-order valence-electron chi connectivity index (χ2n) is 5.30. The molecule has 0 aliphatic carbocycles. The topological polar surface area (TPSA) is 72.3 Å². The van der Waals surface area contributed by atoms with Crippen molar-refractivity contribution in [3.63, 3.8) is 0 Å². The van der Waals surface area contributed by atoms with Crippen LogP contribution < -0.4 is 11.5 Å². The Bertz CT molecular complexity index is 841. The maximum atomic E-state index is 10.2. The highest BCUT2D eigenvalue weighted by Gasteiger charge is 2.14. The summed E-state index contributed by atoms with van der Waals surface area (Å²) in [6.45, 7) is 0. The first-order valence-electron chi connectivity index (χ1n) is 7.36. The second kappa shape index (κ2) is 6.28. The Kier molecular flexibility index (Phi) is 4.02. The van der Waals surface area contributed by atoms with Crippen molar-refractivity contribution in [3.05, 3.63) is 77.9 Å². The molecule has 0 unspecified atom stereocenters. The summed E-state index contributed by atoms with van der Waals surface area (Å²) in [5, 5.41) is 10.2. The zero-order valence-corrected chi connectivity index (χ0v) is 12.6. The summed E-state index contributed by atoms with van der Waals surface area (Å²) in [5.74, 6) is 0.0758. The van der Waals surface area contributed by atoms with E-state index in [0.29, 0.717) is 16.9 Å². The molecule has 0 radical (unpaired) electrons. The minimum atomic E-state index is 0.0758. The number of rotatable bonds is 3. The van der Waals surface area contributed by atoms with Crippen LogP contribution in [0.25, 0.3) is 23.3 Å². The molecule has 0 amide bonds. The molecule has 3 rings (SSSR count). The SMILES string of the molecule is Nc1cc(O)c(C=Cc2ccccc2)c(N)c1-c1ccccc1. The van der Waals surface area contributed by atoms with Crippen LogP contribution in [0.2, 0.25) is 0 Å². The molecule has 23 heavy (non-hydrogen) atoms. The summed E-state index contributed by atoms with van der Waals surface area (Å²) in [4.78, 5) is 0. The van der Waals surface area contributed by atoms with Crippen molar-refractivity contribution in [3.8, 4) is 16.9 Å². The monoisotopic (exact) mass is 302 g/mol. The molecule has 0 saturated heterocycles. The number of phenolic OH excluding ortho intramolecular Hbond substituents is 1. The highest BCUT2D eigenvalue weighted by atomic mass is 16.3. The maximum Gasteiger partial charge on any atom is 0.126 e. The van der Waals surface area contributed by atoms with Crippen molar-refractivity contribution in [2.45, 2.75) is 0 Å². The third-order valence-electron chi connectivity index (χ3n) is 3.72. The lowest BCUT2D eigenvalue weighted by molar-refractivity contribution is 0.475. The molecule has 0 saturated carbocycles. The van der Waals surface area contributed by atoms with Crippen LogP contribution in [0, 0.1) is 0 Å². The highest BCUT2D eigenvalue weighted by molar-refractivity contribution is 5.94. The predicted octanol–water partition coefficient (Wildman–Crippen LogP) is 4.39. The van der Waals surface area contributed by atoms with Gasteiger partial charge in [0.2, 0.25) is 0 Å². The summed E-state index contributed by atoms with van der Waals surface area (Å²) in [6.07, 6.45) is 3.72. The molecule has 3 aromatic rings. The molecule has 0 spiro atoms. The molecular weight excluding hydrogens is 284 g/mol. The first-order chi connectivity index (χ1) is 11.2. The van der Waals surface area contributed by atoms with Gasteiger partial charge < -0.3 is 16.6 Å². The van der Waals surface area contributed by atoms with E-state index in [1.807, 2.05) is 72.8 Å². The smallest absolute Gasteiger partial charge is 0.126 e. The van der Waals surface area contributed by atoms with E-state index in [9.17, 15) is 5.11 Å². The first-order valence-corrected chi connectivity index (χ1v) is 7.36. The molecule has 114 valence electrons. The van der Waals surface area contributed by atoms with Crippen molar-refractivity contribution < 1.29 is 5.11 Å². The van der Waals surface area contributed by atoms with E-state index < -0.39 is 0 Å². The van der Waals surface area contributed by atoms with Gasteiger partial charge in [-0.1, -0.05) is 66.7 Å². The molecule has 3 aromatic carbocycles. The maximum absolute atomic E-state index is 10.2. The number of nitrogen functional groups attached to an aromatic ring is 2. The Labute approximate surface area is 135 Å². The van der Waals surface area contributed by atoms with Gasteiger partial charge in [-0.3, -0.25) is 0 Å². The van der Waals surface area contributed by atoms with E-state index in [1.54, 1.807) is 6.07 Å². The largest absolute Gasteiger partial charge is 0.507 e. The second-order valence-corrected chi connectivity index (χ2v) is 5.30. The fraction of sp³-hybridized carbons (Fsp3) is 0. The lowest BCUT2D eigenvalue weighted by Gasteiger charge is -2.14. The van der Waals surface area contributed by atoms with Crippen LogP contribution in [-0.4, -0.2) is 5.11 Å². The molecule has 0 bridgehead atoms. The van der Waals surface area contributed by atoms with Crippen LogP contribution in [0.4, 0.5) is 11.4 Å².